The molecule has 2 rings (SSSR count). The van der Waals surface area contributed by atoms with E-state index in [1.54, 1.807) is 31.1 Å². The highest BCUT2D eigenvalue weighted by Crippen LogP contribution is 2.25. The van der Waals surface area contributed by atoms with Gasteiger partial charge in [-0.25, -0.2) is 12.4 Å². The molecule has 0 spiro atoms. The molecule has 0 saturated heterocycles. The number of ketones is 1. The van der Waals surface area contributed by atoms with E-state index < -0.39 is 15.8 Å². The molecule has 8 heteroatoms. The number of hydrogen-bond donors (Lipinski definition) is 0. The van der Waals surface area contributed by atoms with Crippen molar-refractivity contribution >= 4 is 31.7 Å². The molecule has 25 heavy (non-hydrogen) atoms. The molecule has 0 atom stereocenters. The molecule has 130 valence electrons. The molecule has 1 heterocycles. The Bertz CT molecular complexity index is 981. The molecule has 0 aliphatic rings. The highest BCUT2D eigenvalue weighted by atomic mass is 79.9. The van der Waals surface area contributed by atoms with Crippen LogP contribution in [0.4, 0.5) is 0 Å². The number of aromatic nitrogens is 1. The number of allylic oxidation sites excluding steroid dienone is 1. The van der Waals surface area contributed by atoms with E-state index in [0.29, 0.717) is 0 Å². The number of Topliss-reactive ketones (excluding diaryl/α,β-unsaturated/α-hetero) is 1. The molecule has 2 aromatic rings. The second-order valence-electron chi connectivity index (χ2n) is 5.57. The Morgan fingerprint density at radius 2 is 1.80 bits per heavy atom. The van der Waals surface area contributed by atoms with Gasteiger partial charge in [0.25, 0.3) is 10.0 Å². The SMILES string of the molecule is Cc1ccc(S(=O)(=O)n2c(Br)ccc2C(=O)C(C#N)=CN(C)C)cc1. The van der Waals surface area contributed by atoms with Crippen molar-refractivity contribution < 1.29 is 13.2 Å². The maximum Gasteiger partial charge on any atom is 0.269 e. The highest BCUT2D eigenvalue weighted by Gasteiger charge is 2.27. The van der Waals surface area contributed by atoms with Gasteiger partial charge in [0.05, 0.1) is 4.90 Å². The number of carbonyl (C=O) groups is 1. The first-order valence-corrected chi connectivity index (χ1v) is 9.44. The number of benzene rings is 1. The molecule has 0 fully saturated rings. The average Bonchev–Trinajstić information content (AvgIpc) is 2.94. The summed E-state index contributed by atoms with van der Waals surface area (Å²) in [5.74, 6) is -0.669. The fourth-order valence-electron chi connectivity index (χ4n) is 2.16. The maximum atomic E-state index is 13.0. The van der Waals surface area contributed by atoms with Crippen molar-refractivity contribution in [1.82, 2.24) is 8.87 Å². The van der Waals surface area contributed by atoms with Gasteiger partial charge in [0.15, 0.2) is 0 Å². The number of nitrogens with zero attached hydrogens (tertiary/aromatic N) is 3. The summed E-state index contributed by atoms with van der Waals surface area (Å²) in [7, 11) is -0.652. The van der Waals surface area contributed by atoms with E-state index in [1.165, 1.54) is 30.5 Å². The monoisotopic (exact) mass is 421 g/mol. The van der Waals surface area contributed by atoms with Crippen LogP contribution in [0, 0.1) is 18.3 Å². The van der Waals surface area contributed by atoms with Crippen LogP contribution >= 0.6 is 15.9 Å². The third kappa shape index (κ3) is 3.83. The minimum atomic E-state index is -3.99. The minimum absolute atomic E-state index is 0.0548. The molecular formula is C17H16BrN3O3S. The summed E-state index contributed by atoms with van der Waals surface area (Å²) in [5.41, 5.74) is 0.653. The van der Waals surface area contributed by atoms with Crippen LogP contribution in [0.25, 0.3) is 0 Å². The number of nitriles is 1. The lowest BCUT2D eigenvalue weighted by atomic mass is 10.1. The molecule has 1 aromatic heterocycles. The molecule has 0 radical (unpaired) electrons. The van der Waals surface area contributed by atoms with Crippen molar-refractivity contribution in [3.63, 3.8) is 0 Å². The first-order chi connectivity index (χ1) is 11.7. The first kappa shape index (κ1) is 19.0. The van der Waals surface area contributed by atoms with Crippen LogP contribution in [0.1, 0.15) is 16.1 Å². The van der Waals surface area contributed by atoms with Crippen molar-refractivity contribution in [3.8, 4) is 6.07 Å². The summed E-state index contributed by atoms with van der Waals surface area (Å²) >= 11 is 3.17. The summed E-state index contributed by atoms with van der Waals surface area (Å²) in [4.78, 5) is 14.3. The van der Waals surface area contributed by atoms with E-state index in [2.05, 4.69) is 15.9 Å². The van der Waals surface area contributed by atoms with Crippen molar-refractivity contribution in [3.05, 3.63) is 64.0 Å². The molecule has 6 nitrogen and oxygen atoms in total. The lowest BCUT2D eigenvalue weighted by Gasteiger charge is -2.12. The Hall–Kier alpha value is -2.37. The zero-order valence-electron chi connectivity index (χ0n) is 13.9. The third-order valence-corrected chi connectivity index (χ3v) is 5.93. The number of aryl methyl sites for hydroxylation is 1. The molecule has 0 unspecified atom stereocenters. The second-order valence-corrected chi connectivity index (χ2v) is 8.17. The minimum Gasteiger partial charge on any atom is -0.382 e. The summed E-state index contributed by atoms with van der Waals surface area (Å²) in [6.45, 7) is 1.85. The van der Waals surface area contributed by atoms with E-state index in [1.807, 2.05) is 13.0 Å². The van der Waals surface area contributed by atoms with Crippen LogP contribution in [-0.2, 0) is 10.0 Å². The quantitative estimate of drug-likeness (QED) is 0.420. The van der Waals surface area contributed by atoms with Gasteiger partial charge in [-0.05, 0) is 47.1 Å². The van der Waals surface area contributed by atoms with Crippen LogP contribution in [0.5, 0.6) is 0 Å². The van der Waals surface area contributed by atoms with Gasteiger partial charge in [0, 0.05) is 20.3 Å². The van der Waals surface area contributed by atoms with Gasteiger partial charge < -0.3 is 4.90 Å². The molecule has 0 aliphatic carbocycles. The Kier molecular flexibility index (Phi) is 5.50. The fourth-order valence-corrected chi connectivity index (χ4v) is 4.44. The Morgan fingerprint density at radius 3 is 2.32 bits per heavy atom. The molecule has 0 aliphatic heterocycles. The van der Waals surface area contributed by atoms with Crippen molar-refractivity contribution in [1.29, 1.82) is 5.26 Å². The largest absolute Gasteiger partial charge is 0.382 e. The van der Waals surface area contributed by atoms with Crippen LogP contribution in [0.15, 0.2) is 57.7 Å². The van der Waals surface area contributed by atoms with Gasteiger partial charge in [0.2, 0.25) is 5.78 Å². The van der Waals surface area contributed by atoms with E-state index in [0.717, 1.165) is 9.54 Å². The van der Waals surface area contributed by atoms with E-state index >= 15 is 0 Å². The number of hydrogen-bond acceptors (Lipinski definition) is 5. The van der Waals surface area contributed by atoms with Crippen molar-refractivity contribution in [2.75, 3.05) is 14.1 Å². The van der Waals surface area contributed by atoms with Crippen LogP contribution in [0.3, 0.4) is 0 Å². The fraction of sp³-hybridized carbons (Fsp3) is 0.176. The zero-order chi connectivity index (χ0) is 18.8. The van der Waals surface area contributed by atoms with Gasteiger partial charge in [0.1, 0.15) is 21.9 Å². The Labute approximate surface area is 155 Å². The van der Waals surface area contributed by atoms with Gasteiger partial charge >= 0.3 is 0 Å². The molecule has 0 bridgehead atoms. The summed E-state index contributed by atoms with van der Waals surface area (Å²) in [5, 5.41) is 9.22. The topological polar surface area (TPSA) is 83.2 Å². The lowest BCUT2D eigenvalue weighted by molar-refractivity contribution is 0.103. The Balaban J connectivity index is 2.62. The normalized spacial score (nSPS) is 11.9. The zero-order valence-corrected chi connectivity index (χ0v) is 16.3. The predicted molar refractivity (Wildman–Crippen MR) is 97.6 cm³/mol. The number of rotatable bonds is 5. The number of carbonyl (C=O) groups excluding carboxylic acids is 1. The third-order valence-electron chi connectivity index (χ3n) is 3.34. The summed E-state index contributed by atoms with van der Waals surface area (Å²) in [6.07, 6.45) is 1.35. The summed E-state index contributed by atoms with van der Waals surface area (Å²) in [6, 6.07) is 11.0. The molecule has 0 N–H and O–H groups in total. The lowest BCUT2D eigenvalue weighted by Crippen LogP contribution is -2.20. The van der Waals surface area contributed by atoms with Crippen LogP contribution in [-0.4, -0.2) is 37.2 Å². The summed E-state index contributed by atoms with van der Waals surface area (Å²) < 4.78 is 27.0. The Morgan fingerprint density at radius 1 is 1.20 bits per heavy atom. The molecule has 1 aromatic carbocycles. The second kappa shape index (κ2) is 7.25. The smallest absolute Gasteiger partial charge is 0.269 e. The highest BCUT2D eigenvalue weighted by molar-refractivity contribution is 9.10. The molecule has 0 saturated carbocycles. The van der Waals surface area contributed by atoms with E-state index in [-0.39, 0.29) is 20.8 Å². The van der Waals surface area contributed by atoms with Gasteiger partial charge in [-0.3, -0.25) is 4.79 Å². The molecule has 0 amide bonds. The van der Waals surface area contributed by atoms with Gasteiger partial charge in [-0.2, -0.15) is 5.26 Å². The average molecular weight is 422 g/mol. The van der Waals surface area contributed by atoms with Crippen LogP contribution < -0.4 is 0 Å². The van der Waals surface area contributed by atoms with Crippen molar-refractivity contribution in [2.45, 2.75) is 11.8 Å². The van der Waals surface area contributed by atoms with Crippen molar-refractivity contribution in [2.24, 2.45) is 0 Å². The van der Waals surface area contributed by atoms with Gasteiger partial charge in [-0.15, -0.1) is 0 Å². The predicted octanol–water partition coefficient (Wildman–Crippen LogP) is 2.95. The standard InChI is InChI=1S/C17H16BrN3O3S/c1-12-4-6-14(7-5-12)25(23,24)21-15(8-9-16(21)18)17(22)13(10-19)11-20(2)3/h4-9,11H,1-3H3. The first-order valence-electron chi connectivity index (χ1n) is 7.21. The van der Waals surface area contributed by atoms with E-state index in [9.17, 15) is 18.5 Å². The van der Waals surface area contributed by atoms with E-state index in [4.69, 9.17) is 0 Å². The molecular weight excluding hydrogens is 406 g/mol. The maximum absolute atomic E-state index is 13.0. The van der Waals surface area contributed by atoms with Crippen LogP contribution in [0.2, 0.25) is 0 Å². The number of halogens is 1. The van der Waals surface area contributed by atoms with Gasteiger partial charge in [-0.1, -0.05) is 17.7 Å².